The smallest absolute Gasteiger partial charge is 0.115 e. The highest BCUT2D eigenvalue weighted by Gasteiger charge is 1.43. The van der Waals surface area contributed by atoms with Crippen molar-refractivity contribution in [2.45, 2.75) is 0 Å². The molecule has 0 aliphatic heterocycles. The molecule has 0 rings (SSSR count). The van der Waals surface area contributed by atoms with Gasteiger partial charge < -0.3 is 4.74 Å². The maximum atomic E-state index is 10.2. The van der Waals surface area contributed by atoms with E-state index in [1.807, 2.05) is 0 Å². The van der Waals surface area contributed by atoms with E-state index in [1.54, 1.807) is 14.2 Å². The molecule has 44 valence electrons. The molecule has 0 heterocycles. The van der Waals surface area contributed by atoms with Crippen molar-refractivity contribution in [2.75, 3.05) is 14.2 Å². The van der Waals surface area contributed by atoms with Crippen LogP contribution in [0.2, 0.25) is 0 Å². The van der Waals surface area contributed by atoms with Gasteiger partial charge in [0, 0.05) is 14.2 Å². The lowest BCUT2D eigenvalue weighted by atomic mass is 11.2. The summed E-state index contributed by atoms with van der Waals surface area (Å²) in [5.41, 5.74) is 0. The first kappa shape index (κ1) is 9.75. The molecule has 0 saturated heterocycles. The second-order valence-corrected chi connectivity index (χ2v) is 0.660. The Labute approximate surface area is 41.6 Å². The minimum absolute atomic E-state index is 0.167. The summed E-state index contributed by atoms with van der Waals surface area (Å²) in [6.45, 7) is 0. The van der Waals surface area contributed by atoms with E-state index in [9.17, 15) is 8.78 Å². The molecule has 1 nitrogen and oxygen atoms in total. The van der Waals surface area contributed by atoms with Gasteiger partial charge in [0.1, 0.15) is 12.7 Å². The zero-order valence-electron chi connectivity index (χ0n) is 4.32. The molecule has 0 aromatic heterocycles. The van der Waals surface area contributed by atoms with Crippen molar-refractivity contribution in [2.24, 2.45) is 0 Å². The lowest BCUT2D eigenvalue weighted by Gasteiger charge is -1.61. The molecular formula is C4H8F2O. The molecule has 0 spiro atoms. The monoisotopic (exact) mass is 110 g/mol. The van der Waals surface area contributed by atoms with Gasteiger partial charge >= 0.3 is 0 Å². The van der Waals surface area contributed by atoms with Crippen molar-refractivity contribution >= 4 is 0 Å². The predicted molar refractivity (Wildman–Crippen MR) is 24.3 cm³/mol. The number of ether oxygens (including phenoxy) is 1. The number of rotatable bonds is 0. The van der Waals surface area contributed by atoms with E-state index < -0.39 is 0 Å². The molecule has 0 bridgehead atoms. The molecule has 0 aromatic carbocycles. The Morgan fingerprint density at radius 1 is 1.14 bits per heavy atom. The summed E-state index contributed by atoms with van der Waals surface area (Å²) in [5, 5.41) is 0. The minimum Gasteiger partial charge on any atom is -0.388 e. The fraction of sp³-hybridized carbons (Fsp3) is 0.500. The predicted octanol–water partition coefficient (Wildman–Crippen LogP) is 1.66. The standard InChI is InChI=1S/C2H2F2.C2H6O/c3-1-2-4;1-3-2/h1-2H;1-2H3. The van der Waals surface area contributed by atoms with Crippen LogP contribution < -0.4 is 0 Å². The van der Waals surface area contributed by atoms with Crippen LogP contribution in [-0.2, 0) is 4.74 Å². The normalized spacial score (nSPS) is 8.00. The summed E-state index contributed by atoms with van der Waals surface area (Å²) in [6.07, 6.45) is -0.333. The quantitative estimate of drug-likeness (QED) is 0.460. The molecular weight excluding hydrogens is 102 g/mol. The van der Waals surface area contributed by atoms with Crippen LogP contribution in [0.1, 0.15) is 0 Å². The van der Waals surface area contributed by atoms with Crippen molar-refractivity contribution < 1.29 is 13.5 Å². The van der Waals surface area contributed by atoms with Gasteiger partial charge in [0.15, 0.2) is 0 Å². The average molecular weight is 110 g/mol. The molecule has 7 heavy (non-hydrogen) atoms. The van der Waals surface area contributed by atoms with Crippen molar-refractivity contribution in [1.29, 1.82) is 0 Å². The molecule has 0 aromatic rings. The van der Waals surface area contributed by atoms with E-state index in [2.05, 4.69) is 4.74 Å². The Kier molecular flexibility index (Phi) is 24.6. The van der Waals surface area contributed by atoms with Crippen LogP contribution in [0.4, 0.5) is 8.78 Å². The molecule has 0 N–H and O–H groups in total. The molecule has 0 aliphatic rings. The van der Waals surface area contributed by atoms with E-state index >= 15 is 0 Å². The van der Waals surface area contributed by atoms with Crippen molar-refractivity contribution in [1.82, 2.24) is 0 Å². The third kappa shape index (κ3) is 225. The fourth-order valence-electron chi connectivity index (χ4n) is 0. The average Bonchev–Trinajstić information content (AvgIpc) is 1.69. The molecule has 3 heteroatoms. The van der Waals surface area contributed by atoms with Crippen LogP contribution >= 0.6 is 0 Å². The second-order valence-electron chi connectivity index (χ2n) is 0.660. The molecule has 0 saturated carbocycles. The van der Waals surface area contributed by atoms with Gasteiger partial charge in [-0.2, -0.15) is 0 Å². The van der Waals surface area contributed by atoms with Gasteiger partial charge in [-0.3, -0.25) is 0 Å². The number of methoxy groups -OCH3 is 1. The first-order valence-corrected chi connectivity index (χ1v) is 1.59. The Hall–Kier alpha value is -0.440. The van der Waals surface area contributed by atoms with E-state index in [0.717, 1.165) is 0 Å². The van der Waals surface area contributed by atoms with Crippen LogP contribution in [0.25, 0.3) is 0 Å². The third-order valence-electron chi connectivity index (χ3n) is 0.0476. The van der Waals surface area contributed by atoms with Crippen molar-refractivity contribution in [3.63, 3.8) is 0 Å². The topological polar surface area (TPSA) is 9.23 Å². The number of hydrogen-bond acceptors (Lipinski definition) is 1. The maximum Gasteiger partial charge on any atom is 0.115 e. The van der Waals surface area contributed by atoms with Gasteiger partial charge in [-0.05, 0) is 0 Å². The van der Waals surface area contributed by atoms with E-state index in [4.69, 9.17) is 0 Å². The van der Waals surface area contributed by atoms with Crippen LogP contribution in [0.15, 0.2) is 12.7 Å². The van der Waals surface area contributed by atoms with Crippen LogP contribution in [-0.4, -0.2) is 14.2 Å². The zero-order valence-corrected chi connectivity index (χ0v) is 4.32. The lowest BCUT2D eigenvalue weighted by molar-refractivity contribution is 0.277. The second kappa shape index (κ2) is 17.6. The third-order valence-corrected chi connectivity index (χ3v) is 0.0476. The summed E-state index contributed by atoms with van der Waals surface area (Å²) >= 11 is 0. The summed E-state index contributed by atoms with van der Waals surface area (Å²) in [6, 6.07) is 0. The molecule has 0 fully saturated rings. The van der Waals surface area contributed by atoms with E-state index in [-0.39, 0.29) is 12.7 Å². The first-order valence-electron chi connectivity index (χ1n) is 1.59. The fourth-order valence-corrected chi connectivity index (χ4v) is 0. The zero-order chi connectivity index (χ0) is 6.12. The highest BCUT2D eigenvalue weighted by atomic mass is 19.2. The van der Waals surface area contributed by atoms with E-state index in [0.29, 0.717) is 0 Å². The number of hydrogen-bond donors (Lipinski definition) is 0. The Morgan fingerprint density at radius 3 is 1.29 bits per heavy atom. The van der Waals surface area contributed by atoms with Gasteiger partial charge in [-0.1, -0.05) is 0 Å². The summed E-state index contributed by atoms with van der Waals surface area (Å²) < 4.78 is 24.6. The van der Waals surface area contributed by atoms with Crippen LogP contribution in [0, 0.1) is 0 Å². The van der Waals surface area contributed by atoms with Crippen LogP contribution in [0.5, 0.6) is 0 Å². The van der Waals surface area contributed by atoms with Gasteiger partial charge in [0.25, 0.3) is 0 Å². The highest BCUT2D eigenvalue weighted by Crippen LogP contribution is 1.67. The summed E-state index contributed by atoms with van der Waals surface area (Å²) in [4.78, 5) is 0. The molecule has 0 aliphatic carbocycles. The van der Waals surface area contributed by atoms with Gasteiger partial charge in [-0.15, -0.1) is 0 Å². The SMILES string of the molecule is COC.FC=CF. The minimum atomic E-state index is -0.167. The van der Waals surface area contributed by atoms with Gasteiger partial charge in [0.05, 0.1) is 0 Å². The highest BCUT2D eigenvalue weighted by molar-refractivity contribution is 4.51. The van der Waals surface area contributed by atoms with E-state index in [1.165, 1.54) is 0 Å². The molecule has 0 radical (unpaired) electrons. The number of halogens is 2. The van der Waals surface area contributed by atoms with Gasteiger partial charge in [0.2, 0.25) is 0 Å². The summed E-state index contributed by atoms with van der Waals surface area (Å²) in [7, 11) is 3.25. The summed E-state index contributed by atoms with van der Waals surface area (Å²) in [5.74, 6) is 0. The Balaban J connectivity index is 0. The van der Waals surface area contributed by atoms with Gasteiger partial charge in [-0.25, -0.2) is 8.78 Å². The Bertz CT molecular complexity index is 32.7. The maximum absolute atomic E-state index is 10.2. The molecule has 0 unspecified atom stereocenters. The van der Waals surface area contributed by atoms with Crippen molar-refractivity contribution in [3.05, 3.63) is 12.7 Å². The first-order chi connectivity index (χ1) is 3.33. The van der Waals surface area contributed by atoms with Crippen LogP contribution in [0.3, 0.4) is 0 Å². The lowest BCUT2D eigenvalue weighted by Crippen LogP contribution is -1.55. The van der Waals surface area contributed by atoms with Crippen molar-refractivity contribution in [3.8, 4) is 0 Å². The molecule has 0 amide bonds. The molecule has 0 atom stereocenters. The Morgan fingerprint density at radius 2 is 1.29 bits per heavy atom. The largest absolute Gasteiger partial charge is 0.388 e.